The van der Waals surface area contributed by atoms with Crippen LogP contribution in [-0.4, -0.2) is 9.97 Å². The van der Waals surface area contributed by atoms with Crippen LogP contribution in [0.5, 0.6) is 0 Å². The first-order valence-corrected chi connectivity index (χ1v) is 9.90. The standard InChI is InChI=1S/C19H16FN3OS2/c1-11(13-6-7-25-10-13)21-9-17-22-15-8-16(26-18(15)19(24)23-17)12-2-4-14(20)5-3-12/h2-8,10-11,21H,9H2,1H3,(H,22,23,24). The first-order chi connectivity index (χ1) is 12.6. The second-order valence-electron chi connectivity index (χ2n) is 6.00. The van der Waals surface area contributed by atoms with Crippen LogP contribution in [0.1, 0.15) is 24.4 Å². The van der Waals surface area contributed by atoms with Crippen molar-refractivity contribution in [1.29, 1.82) is 0 Å². The fourth-order valence-corrected chi connectivity index (χ4v) is 4.47. The van der Waals surface area contributed by atoms with E-state index in [1.54, 1.807) is 23.5 Å². The smallest absolute Gasteiger partial charge is 0.268 e. The zero-order valence-electron chi connectivity index (χ0n) is 14.0. The van der Waals surface area contributed by atoms with Gasteiger partial charge in [0.1, 0.15) is 16.3 Å². The van der Waals surface area contributed by atoms with Crippen LogP contribution in [0.4, 0.5) is 4.39 Å². The molecule has 3 aromatic heterocycles. The highest BCUT2D eigenvalue weighted by Crippen LogP contribution is 2.30. The quantitative estimate of drug-likeness (QED) is 0.523. The van der Waals surface area contributed by atoms with Gasteiger partial charge in [-0.3, -0.25) is 4.79 Å². The fourth-order valence-electron chi connectivity index (χ4n) is 2.72. The Morgan fingerprint density at radius 2 is 2.08 bits per heavy atom. The lowest BCUT2D eigenvalue weighted by Gasteiger charge is -2.11. The molecule has 26 heavy (non-hydrogen) atoms. The van der Waals surface area contributed by atoms with Crippen molar-refractivity contribution in [2.24, 2.45) is 0 Å². The predicted molar refractivity (Wildman–Crippen MR) is 105 cm³/mol. The van der Waals surface area contributed by atoms with Gasteiger partial charge in [0, 0.05) is 10.9 Å². The SMILES string of the molecule is CC(NCc1nc2cc(-c3ccc(F)cc3)sc2c(=O)[nH]1)c1ccsc1. The Kier molecular flexibility index (Phi) is 4.67. The van der Waals surface area contributed by atoms with Crippen molar-refractivity contribution in [2.75, 3.05) is 0 Å². The van der Waals surface area contributed by atoms with Gasteiger partial charge in [0.15, 0.2) is 0 Å². The first kappa shape index (κ1) is 17.1. The van der Waals surface area contributed by atoms with E-state index in [9.17, 15) is 9.18 Å². The number of nitrogens with zero attached hydrogens (tertiary/aromatic N) is 1. The molecule has 7 heteroatoms. The van der Waals surface area contributed by atoms with E-state index in [4.69, 9.17) is 0 Å². The average molecular weight is 385 g/mol. The van der Waals surface area contributed by atoms with E-state index in [0.29, 0.717) is 22.6 Å². The molecule has 0 saturated carbocycles. The van der Waals surface area contributed by atoms with Crippen molar-refractivity contribution in [1.82, 2.24) is 15.3 Å². The molecule has 0 aliphatic heterocycles. The summed E-state index contributed by atoms with van der Waals surface area (Å²) in [5.41, 5.74) is 2.61. The van der Waals surface area contributed by atoms with Crippen LogP contribution in [0.3, 0.4) is 0 Å². The van der Waals surface area contributed by atoms with Crippen LogP contribution in [-0.2, 0) is 6.54 Å². The zero-order valence-corrected chi connectivity index (χ0v) is 15.6. The van der Waals surface area contributed by atoms with Gasteiger partial charge < -0.3 is 10.3 Å². The molecule has 4 rings (SSSR count). The van der Waals surface area contributed by atoms with Crippen molar-refractivity contribution >= 4 is 32.9 Å². The molecule has 0 radical (unpaired) electrons. The fraction of sp³-hybridized carbons (Fsp3) is 0.158. The molecule has 2 N–H and O–H groups in total. The minimum absolute atomic E-state index is 0.145. The molecular formula is C19H16FN3OS2. The van der Waals surface area contributed by atoms with E-state index < -0.39 is 0 Å². The summed E-state index contributed by atoms with van der Waals surface area (Å²) in [5.74, 6) is 0.326. The molecule has 0 aliphatic carbocycles. The van der Waals surface area contributed by atoms with Gasteiger partial charge in [-0.25, -0.2) is 9.37 Å². The monoisotopic (exact) mass is 385 g/mol. The molecule has 3 heterocycles. The third-order valence-corrected chi connectivity index (χ3v) is 6.05. The van der Waals surface area contributed by atoms with E-state index in [0.717, 1.165) is 10.4 Å². The van der Waals surface area contributed by atoms with Gasteiger partial charge in [0.25, 0.3) is 5.56 Å². The molecule has 1 unspecified atom stereocenters. The van der Waals surface area contributed by atoms with E-state index in [1.807, 2.05) is 11.4 Å². The van der Waals surface area contributed by atoms with Gasteiger partial charge >= 0.3 is 0 Å². The number of H-pyrrole nitrogens is 1. The molecule has 0 fully saturated rings. The second kappa shape index (κ2) is 7.11. The van der Waals surface area contributed by atoms with Crippen LogP contribution >= 0.6 is 22.7 Å². The summed E-state index contributed by atoms with van der Waals surface area (Å²) in [7, 11) is 0. The maximum atomic E-state index is 13.1. The van der Waals surface area contributed by atoms with E-state index in [2.05, 4.69) is 33.7 Å². The number of hydrogen-bond acceptors (Lipinski definition) is 5. The molecule has 4 nitrogen and oxygen atoms in total. The molecule has 0 spiro atoms. The molecule has 0 amide bonds. The van der Waals surface area contributed by atoms with E-state index >= 15 is 0 Å². The van der Waals surface area contributed by atoms with Gasteiger partial charge in [-0.05, 0) is 53.1 Å². The summed E-state index contributed by atoms with van der Waals surface area (Å²) in [6.45, 7) is 2.56. The third kappa shape index (κ3) is 3.46. The van der Waals surface area contributed by atoms with Crippen molar-refractivity contribution in [3.63, 3.8) is 0 Å². The lowest BCUT2D eigenvalue weighted by atomic mass is 10.2. The first-order valence-electron chi connectivity index (χ1n) is 8.14. The summed E-state index contributed by atoms with van der Waals surface area (Å²) in [4.78, 5) is 20.7. The molecule has 0 saturated heterocycles. The van der Waals surface area contributed by atoms with Crippen molar-refractivity contribution in [3.8, 4) is 10.4 Å². The lowest BCUT2D eigenvalue weighted by Crippen LogP contribution is -2.21. The van der Waals surface area contributed by atoms with Crippen molar-refractivity contribution in [3.05, 3.63) is 74.7 Å². The second-order valence-corrected chi connectivity index (χ2v) is 7.84. The minimum atomic E-state index is -0.279. The van der Waals surface area contributed by atoms with Crippen molar-refractivity contribution in [2.45, 2.75) is 19.5 Å². The Morgan fingerprint density at radius 1 is 1.27 bits per heavy atom. The molecule has 0 aliphatic rings. The summed E-state index contributed by atoms with van der Waals surface area (Å²) in [6.07, 6.45) is 0. The summed E-state index contributed by atoms with van der Waals surface area (Å²) in [6, 6.07) is 10.4. The maximum Gasteiger partial charge on any atom is 0.268 e. The molecule has 1 atom stereocenters. The molecular weight excluding hydrogens is 369 g/mol. The number of aromatic nitrogens is 2. The number of aromatic amines is 1. The Hall–Kier alpha value is -2.35. The molecule has 1 aromatic carbocycles. The Morgan fingerprint density at radius 3 is 2.81 bits per heavy atom. The molecule has 132 valence electrons. The van der Waals surface area contributed by atoms with Crippen LogP contribution in [0.25, 0.3) is 20.7 Å². The Labute approximate surface area is 157 Å². The summed E-state index contributed by atoms with van der Waals surface area (Å²) >= 11 is 3.03. The van der Waals surface area contributed by atoms with Gasteiger partial charge in [-0.2, -0.15) is 11.3 Å². The number of hydrogen-bond donors (Lipinski definition) is 2. The third-order valence-electron chi connectivity index (χ3n) is 4.18. The van der Waals surface area contributed by atoms with Crippen LogP contribution in [0.2, 0.25) is 0 Å². The minimum Gasteiger partial charge on any atom is -0.308 e. The normalized spacial score (nSPS) is 12.5. The van der Waals surface area contributed by atoms with Crippen LogP contribution in [0, 0.1) is 5.82 Å². The number of benzene rings is 1. The zero-order chi connectivity index (χ0) is 18.1. The van der Waals surface area contributed by atoms with E-state index in [1.165, 1.54) is 29.0 Å². The molecule has 0 bridgehead atoms. The van der Waals surface area contributed by atoms with Crippen molar-refractivity contribution < 1.29 is 4.39 Å². The lowest BCUT2D eigenvalue weighted by molar-refractivity contribution is 0.561. The maximum absolute atomic E-state index is 13.1. The number of fused-ring (bicyclic) bond motifs is 1. The van der Waals surface area contributed by atoms with Gasteiger partial charge in [-0.1, -0.05) is 12.1 Å². The van der Waals surface area contributed by atoms with Gasteiger partial charge in [0.2, 0.25) is 0 Å². The van der Waals surface area contributed by atoms with Gasteiger partial charge in [-0.15, -0.1) is 11.3 Å². The number of nitrogens with one attached hydrogen (secondary N) is 2. The highest BCUT2D eigenvalue weighted by atomic mass is 32.1. The van der Waals surface area contributed by atoms with E-state index in [-0.39, 0.29) is 17.4 Å². The summed E-state index contributed by atoms with van der Waals surface area (Å²) < 4.78 is 13.7. The van der Waals surface area contributed by atoms with Crippen LogP contribution in [0.15, 0.2) is 52.0 Å². The number of rotatable bonds is 5. The average Bonchev–Trinajstić information content (AvgIpc) is 3.30. The predicted octanol–water partition coefficient (Wildman–Crippen LogP) is 4.70. The highest BCUT2D eigenvalue weighted by molar-refractivity contribution is 7.22. The number of thiophene rings is 2. The number of halogens is 1. The largest absolute Gasteiger partial charge is 0.308 e. The highest BCUT2D eigenvalue weighted by Gasteiger charge is 2.12. The molecule has 4 aromatic rings. The van der Waals surface area contributed by atoms with Crippen LogP contribution < -0.4 is 10.9 Å². The Balaban J connectivity index is 1.59. The Bertz CT molecular complexity index is 1080. The topological polar surface area (TPSA) is 57.8 Å². The summed E-state index contributed by atoms with van der Waals surface area (Å²) in [5, 5.41) is 7.52. The van der Waals surface area contributed by atoms with Gasteiger partial charge in [0.05, 0.1) is 12.1 Å².